The number of hydrogen-bond donors (Lipinski definition) is 1. The van der Waals surface area contributed by atoms with Gasteiger partial charge in [-0.15, -0.1) is 0 Å². The van der Waals surface area contributed by atoms with E-state index in [1.54, 1.807) is 16.9 Å². The van der Waals surface area contributed by atoms with Crippen LogP contribution in [0.3, 0.4) is 0 Å². The first kappa shape index (κ1) is 35.4. The van der Waals surface area contributed by atoms with Gasteiger partial charge in [-0.3, -0.25) is 4.90 Å². The normalized spacial score (nSPS) is 17.2. The first-order valence-corrected chi connectivity index (χ1v) is 22.2. The molecule has 268 valence electrons. The topological polar surface area (TPSA) is 88.7 Å². The number of halogens is 1. The molecule has 1 saturated heterocycles. The van der Waals surface area contributed by atoms with Crippen LogP contribution in [0.15, 0.2) is 72.6 Å². The third-order valence-corrected chi connectivity index (χ3v) is 12.4. The number of ether oxygens (including phenoxy) is 1. The van der Waals surface area contributed by atoms with Crippen LogP contribution in [-0.4, -0.2) is 82.7 Å². The van der Waals surface area contributed by atoms with Gasteiger partial charge >= 0.3 is 5.97 Å². The van der Waals surface area contributed by atoms with Gasteiger partial charge in [0.1, 0.15) is 17.9 Å². The third kappa shape index (κ3) is 7.94. The zero-order valence-corrected chi connectivity index (χ0v) is 32.2. The zero-order valence-electron chi connectivity index (χ0n) is 30.5. The van der Waals surface area contributed by atoms with Gasteiger partial charge in [-0.05, 0) is 84.3 Å². The Morgan fingerprint density at radius 2 is 1.78 bits per heavy atom. The van der Waals surface area contributed by atoms with E-state index in [1.165, 1.54) is 23.1 Å². The molecule has 51 heavy (non-hydrogen) atoms. The van der Waals surface area contributed by atoms with Crippen molar-refractivity contribution < 1.29 is 14.6 Å². The van der Waals surface area contributed by atoms with E-state index in [1.807, 2.05) is 47.2 Å². The van der Waals surface area contributed by atoms with Crippen molar-refractivity contribution in [3.8, 4) is 5.69 Å². The maximum atomic E-state index is 12.5. The number of anilines is 1. The van der Waals surface area contributed by atoms with Crippen LogP contribution in [0, 0.1) is 5.41 Å². The Hall–Kier alpha value is -3.96. The van der Waals surface area contributed by atoms with Crippen LogP contribution in [0.25, 0.3) is 33.3 Å². The van der Waals surface area contributed by atoms with E-state index < -0.39 is 14.0 Å². The number of aromatic nitrogens is 4. The Morgan fingerprint density at radius 1 is 1.02 bits per heavy atom. The van der Waals surface area contributed by atoms with Crippen molar-refractivity contribution in [3.63, 3.8) is 0 Å². The van der Waals surface area contributed by atoms with Crippen LogP contribution in [0.1, 0.15) is 49.0 Å². The molecule has 0 unspecified atom stereocenters. The summed E-state index contributed by atoms with van der Waals surface area (Å²) in [5, 5.41) is 16.6. The van der Waals surface area contributed by atoms with Crippen LogP contribution in [0.2, 0.25) is 30.7 Å². The van der Waals surface area contributed by atoms with Crippen molar-refractivity contribution in [1.29, 1.82) is 0 Å². The predicted molar refractivity (Wildman–Crippen MR) is 210 cm³/mol. The Bertz CT molecular complexity index is 2090. The third-order valence-electron chi connectivity index (χ3n) is 10.5. The van der Waals surface area contributed by atoms with Gasteiger partial charge in [-0.2, -0.15) is 5.10 Å². The van der Waals surface area contributed by atoms with Gasteiger partial charge in [0.15, 0.2) is 0 Å². The van der Waals surface area contributed by atoms with Crippen molar-refractivity contribution in [2.45, 2.75) is 65.5 Å². The summed E-state index contributed by atoms with van der Waals surface area (Å²) in [6.07, 6.45) is 7.09. The second-order valence-electron chi connectivity index (χ2n) is 16.2. The van der Waals surface area contributed by atoms with Crippen LogP contribution in [-0.2, 0) is 11.5 Å². The first-order valence-electron chi connectivity index (χ1n) is 18.1. The first-order chi connectivity index (χ1) is 24.3. The molecular formula is C40H49ClN6O3Si. The fourth-order valence-corrected chi connectivity index (χ4v) is 8.25. The summed E-state index contributed by atoms with van der Waals surface area (Å²) in [6, 6.07) is 19.1. The van der Waals surface area contributed by atoms with Gasteiger partial charge in [-0.1, -0.05) is 62.8 Å². The van der Waals surface area contributed by atoms with Crippen molar-refractivity contribution in [1.82, 2.24) is 24.2 Å². The van der Waals surface area contributed by atoms with E-state index in [-0.39, 0.29) is 11.0 Å². The monoisotopic (exact) mass is 724 g/mol. The van der Waals surface area contributed by atoms with E-state index in [2.05, 4.69) is 60.5 Å². The minimum Gasteiger partial charge on any atom is -0.478 e. The molecule has 2 aliphatic rings. The molecule has 7 rings (SSSR count). The average molecular weight is 725 g/mol. The number of benzene rings is 2. The summed E-state index contributed by atoms with van der Waals surface area (Å²) in [5.74, 6) is -0.985. The lowest BCUT2D eigenvalue weighted by Gasteiger charge is -2.39. The Balaban J connectivity index is 1.09. The number of piperazine rings is 1. The van der Waals surface area contributed by atoms with E-state index in [0.29, 0.717) is 17.9 Å². The maximum Gasteiger partial charge on any atom is 0.337 e. The van der Waals surface area contributed by atoms with Gasteiger partial charge in [-0.25, -0.2) is 14.5 Å². The smallest absolute Gasteiger partial charge is 0.337 e. The number of carboxylic acid groups (broad SMARTS) is 1. The number of hydrogen-bond acceptors (Lipinski definition) is 6. The van der Waals surface area contributed by atoms with Gasteiger partial charge in [0.05, 0.1) is 23.0 Å². The molecule has 0 amide bonds. The summed E-state index contributed by atoms with van der Waals surface area (Å²) in [6.45, 7) is 17.5. The zero-order chi connectivity index (χ0) is 35.9. The number of carbonyl (C=O) groups is 1. The number of rotatable bonds is 11. The molecule has 5 aromatic rings. The minimum atomic E-state index is -1.17. The standard InChI is InChI=1S/C40H49ClN6O3Si/c1-40(2)14-12-30(34(24-40)28-6-8-31(41)9-7-28)26-44-16-18-45(19-17-44)32-10-11-33(39(48)49)36(23-32)47-37-22-29-13-15-46(27-50-20-21-51(3,4)5)38(29)43-35(37)25-42-47/h6-11,13,15,22-23,25H,12,14,16-21,24,26-27H2,1-5H3,(H,48,49). The molecule has 0 radical (unpaired) electrons. The lowest BCUT2D eigenvalue weighted by Crippen LogP contribution is -2.47. The molecule has 0 atom stereocenters. The molecule has 9 nitrogen and oxygen atoms in total. The predicted octanol–water partition coefficient (Wildman–Crippen LogP) is 8.83. The second-order valence-corrected chi connectivity index (χ2v) is 22.3. The summed E-state index contributed by atoms with van der Waals surface area (Å²) in [5.41, 5.74) is 8.62. The SMILES string of the molecule is CC1(C)CCC(CN2CCN(c3ccc(C(=O)O)c(-n4ncc5nc6c(ccn6COCC[Si](C)(C)C)cc54)c3)CC2)=C(c2ccc(Cl)cc2)C1. The van der Waals surface area contributed by atoms with E-state index in [4.69, 9.17) is 21.3 Å². The van der Waals surface area contributed by atoms with Crippen LogP contribution in [0.4, 0.5) is 5.69 Å². The number of carboxylic acids is 1. The van der Waals surface area contributed by atoms with Crippen molar-refractivity contribution in [3.05, 3.63) is 88.7 Å². The minimum absolute atomic E-state index is 0.206. The molecule has 11 heteroatoms. The highest BCUT2D eigenvalue weighted by atomic mass is 35.5. The average Bonchev–Trinajstić information content (AvgIpc) is 3.69. The fraction of sp³-hybridized carbons (Fsp3) is 0.425. The number of nitrogens with zero attached hydrogens (tertiary/aromatic N) is 6. The van der Waals surface area contributed by atoms with E-state index in [0.717, 1.165) is 85.5 Å². The summed E-state index contributed by atoms with van der Waals surface area (Å²) < 4.78 is 9.74. The summed E-state index contributed by atoms with van der Waals surface area (Å²) >= 11 is 6.23. The second kappa shape index (κ2) is 14.2. The molecule has 0 saturated carbocycles. The molecule has 4 heterocycles. The molecule has 3 aromatic heterocycles. The molecule has 0 spiro atoms. The molecule has 1 N–H and O–H groups in total. The van der Waals surface area contributed by atoms with E-state index in [9.17, 15) is 9.90 Å². The summed E-state index contributed by atoms with van der Waals surface area (Å²) in [4.78, 5) is 22.3. The van der Waals surface area contributed by atoms with E-state index >= 15 is 0 Å². The number of fused-ring (bicyclic) bond motifs is 2. The number of pyridine rings is 1. The highest BCUT2D eigenvalue weighted by Crippen LogP contribution is 2.43. The molecule has 2 aromatic carbocycles. The van der Waals surface area contributed by atoms with Crippen LogP contribution in [0.5, 0.6) is 0 Å². The van der Waals surface area contributed by atoms with Crippen molar-refractivity contribution in [2.75, 3.05) is 44.2 Å². The molecular weight excluding hydrogens is 676 g/mol. The number of aromatic carboxylic acids is 1. The Morgan fingerprint density at radius 3 is 2.51 bits per heavy atom. The Kier molecular flexibility index (Phi) is 9.88. The summed E-state index contributed by atoms with van der Waals surface area (Å²) in [7, 11) is -1.17. The van der Waals surface area contributed by atoms with Gasteiger partial charge in [0.25, 0.3) is 0 Å². The molecule has 1 aliphatic heterocycles. The van der Waals surface area contributed by atoms with Crippen LogP contribution < -0.4 is 4.90 Å². The van der Waals surface area contributed by atoms with Gasteiger partial charge in [0, 0.05) is 69.7 Å². The fourth-order valence-electron chi connectivity index (χ4n) is 7.36. The van der Waals surface area contributed by atoms with Crippen molar-refractivity contribution in [2.24, 2.45) is 5.41 Å². The molecule has 0 bridgehead atoms. The molecule has 1 fully saturated rings. The maximum absolute atomic E-state index is 12.5. The van der Waals surface area contributed by atoms with Crippen LogP contribution >= 0.6 is 11.6 Å². The van der Waals surface area contributed by atoms with Gasteiger partial charge in [0.2, 0.25) is 0 Å². The van der Waals surface area contributed by atoms with Crippen molar-refractivity contribution >= 4 is 59.0 Å². The Labute approximate surface area is 306 Å². The number of allylic oxidation sites excluding steroid dienone is 1. The molecule has 1 aliphatic carbocycles. The lowest BCUT2D eigenvalue weighted by atomic mass is 9.72. The lowest BCUT2D eigenvalue weighted by molar-refractivity contribution is 0.0696. The highest BCUT2D eigenvalue weighted by Gasteiger charge is 2.29. The van der Waals surface area contributed by atoms with Gasteiger partial charge < -0.3 is 19.3 Å². The quantitative estimate of drug-likeness (QED) is 0.108. The largest absolute Gasteiger partial charge is 0.478 e. The highest BCUT2D eigenvalue weighted by molar-refractivity contribution is 6.76.